The highest BCUT2D eigenvalue weighted by molar-refractivity contribution is 6.35. The number of allylic oxidation sites excluding steroid dienone is 2. The third-order valence-corrected chi connectivity index (χ3v) is 3.12. The van der Waals surface area contributed by atoms with E-state index in [1.165, 1.54) is 12.3 Å². The largest absolute Gasteiger partial charge is 0.464 e. The maximum atomic E-state index is 12.0. The number of amides is 2. The zero-order chi connectivity index (χ0) is 16.8. The van der Waals surface area contributed by atoms with Crippen LogP contribution in [0.15, 0.2) is 59.5 Å². The fourth-order valence-electron chi connectivity index (χ4n) is 1.73. The molecule has 0 aliphatic carbocycles. The quantitative estimate of drug-likeness (QED) is 0.374. The third-order valence-electron chi connectivity index (χ3n) is 2.68. The van der Waals surface area contributed by atoms with Crippen LogP contribution in [0.2, 0.25) is 10.0 Å². The molecule has 0 saturated carbocycles. The normalized spacial score (nSPS) is 11.0. The summed E-state index contributed by atoms with van der Waals surface area (Å²) in [4.78, 5) is 12.0. The van der Waals surface area contributed by atoms with E-state index in [1.807, 2.05) is 0 Å². The van der Waals surface area contributed by atoms with Gasteiger partial charge < -0.3 is 15.2 Å². The molecule has 0 bridgehead atoms. The maximum absolute atomic E-state index is 12.0. The number of hydrogen-bond acceptors (Lipinski definition) is 4. The average molecular weight is 353 g/mol. The predicted molar refractivity (Wildman–Crippen MR) is 91.8 cm³/mol. The van der Waals surface area contributed by atoms with Gasteiger partial charge in [-0.05, 0) is 36.4 Å². The number of rotatable bonds is 5. The van der Waals surface area contributed by atoms with Crippen LogP contribution in [0.25, 0.3) is 5.57 Å². The summed E-state index contributed by atoms with van der Waals surface area (Å²) < 4.78 is 5.20. The molecular weight excluding hydrogens is 339 g/mol. The van der Waals surface area contributed by atoms with Crippen molar-refractivity contribution in [3.63, 3.8) is 0 Å². The van der Waals surface area contributed by atoms with Crippen molar-refractivity contribution in [2.45, 2.75) is 0 Å². The van der Waals surface area contributed by atoms with Crippen molar-refractivity contribution in [3.05, 3.63) is 70.9 Å². The van der Waals surface area contributed by atoms with E-state index in [4.69, 9.17) is 33.5 Å². The molecule has 120 valence electrons. The van der Waals surface area contributed by atoms with Gasteiger partial charge in [-0.3, -0.25) is 5.32 Å². The lowest BCUT2D eigenvalue weighted by Crippen LogP contribution is -2.37. The van der Waals surface area contributed by atoms with Crippen LogP contribution in [0.3, 0.4) is 0 Å². The Kier molecular flexibility index (Phi) is 5.70. The van der Waals surface area contributed by atoms with Crippen LogP contribution in [0.1, 0.15) is 5.76 Å². The van der Waals surface area contributed by atoms with Gasteiger partial charge in [0.25, 0.3) is 0 Å². The van der Waals surface area contributed by atoms with Crippen LogP contribution < -0.4 is 21.9 Å². The number of urea groups is 1. The van der Waals surface area contributed by atoms with Crippen LogP contribution in [0.4, 0.5) is 10.5 Å². The minimum atomic E-state index is -0.528. The molecule has 0 fully saturated rings. The fourth-order valence-corrected chi connectivity index (χ4v) is 2.26. The Morgan fingerprint density at radius 3 is 2.52 bits per heavy atom. The number of halogens is 2. The summed E-state index contributed by atoms with van der Waals surface area (Å²) in [5.41, 5.74) is 3.35. The molecule has 1 aromatic carbocycles. The van der Waals surface area contributed by atoms with Gasteiger partial charge in [-0.1, -0.05) is 29.8 Å². The number of nitrogens with two attached hydrogens (primary N) is 1. The molecule has 0 aliphatic rings. The van der Waals surface area contributed by atoms with Crippen molar-refractivity contribution in [1.29, 1.82) is 0 Å². The van der Waals surface area contributed by atoms with E-state index >= 15 is 0 Å². The van der Waals surface area contributed by atoms with Gasteiger partial charge in [-0.15, -0.1) is 0 Å². The van der Waals surface area contributed by atoms with E-state index in [1.54, 1.807) is 30.3 Å². The number of furan rings is 1. The van der Waals surface area contributed by atoms with E-state index in [2.05, 4.69) is 22.6 Å². The zero-order valence-corrected chi connectivity index (χ0v) is 13.4. The molecule has 0 aliphatic heterocycles. The van der Waals surface area contributed by atoms with Crippen molar-refractivity contribution in [2.24, 2.45) is 5.84 Å². The second-order valence-electron chi connectivity index (χ2n) is 4.44. The topological polar surface area (TPSA) is 92.3 Å². The van der Waals surface area contributed by atoms with Gasteiger partial charge in [0.15, 0.2) is 0 Å². The van der Waals surface area contributed by atoms with Gasteiger partial charge >= 0.3 is 6.03 Å². The standard InChI is InChI=1S/C15H14Cl2N4O2/c1-9(13-3-2-4-23-13)5-14(21-18)20-15(22)19-12-7-10(16)6-11(17)8-12/h2-8,21H,1,18H2,(H2,19,20,22)/b14-5-. The van der Waals surface area contributed by atoms with E-state index < -0.39 is 6.03 Å². The molecule has 5 N–H and O–H groups in total. The molecule has 1 aromatic heterocycles. The molecule has 1 heterocycles. The summed E-state index contributed by atoms with van der Waals surface area (Å²) in [7, 11) is 0. The molecule has 2 aromatic rings. The van der Waals surface area contributed by atoms with Crippen LogP contribution in [-0.2, 0) is 0 Å². The SMILES string of the molecule is C=C(/C=C(\NN)NC(=O)Nc1cc(Cl)cc(Cl)c1)c1ccco1. The van der Waals surface area contributed by atoms with Gasteiger partial charge in [0.1, 0.15) is 11.6 Å². The number of benzene rings is 1. The van der Waals surface area contributed by atoms with Crippen molar-refractivity contribution >= 4 is 40.5 Å². The van der Waals surface area contributed by atoms with E-state index in [0.717, 1.165) is 0 Å². The van der Waals surface area contributed by atoms with Gasteiger partial charge in [-0.25, -0.2) is 10.6 Å². The summed E-state index contributed by atoms with van der Waals surface area (Å²) >= 11 is 11.7. The summed E-state index contributed by atoms with van der Waals surface area (Å²) in [6.45, 7) is 3.83. The lowest BCUT2D eigenvalue weighted by molar-refractivity contribution is 0.253. The molecule has 0 radical (unpaired) electrons. The molecule has 8 heteroatoms. The van der Waals surface area contributed by atoms with Gasteiger partial charge in [0, 0.05) is 21.3 Å². The van der Waals surface area contributed by atoms with Gasteiger partial charge in [0.05, 0.1) is 6.26 Å². The van der Waals surface area contributed by atoms with Crippen molar-refractivity contribution in [1.82, 2.24) is 10.7 Å². The molecular formula is C15H14Cl2N4O2. The number of carbonyl (C=O) groups is 1. The number of anilines is 1. The van der Waals surface area contributed by atoms with Crippen LogP contribution >= 0.6 is 23.2 Å². The summed E-state index contributed by atoms with van der Waals surface area (Å²) in [6.07, 6.45) is 3.05. The molecule has 0 spiro atoms. The molecule has 6 nitrogen and oxygen atoms in total. The van der Waals surface area contributed by atoms with Crippen molar-refractivity contribution in [2.75, 3.05) is 5.32 Å². The molecule has 2 rings (SSSR count). The molecule has 2 amide bonds. The predicted octanol–water partition coefficient (Wildman–Crippen LogP) is 3.73. The average Bonchev–Trinajstić information content (AvgIpc) is 2.99. The first-order chi connectivity index (χ1) is 11.0. The first-order valence-corrected chi connectivity index (χ1v) is 7.18. The Labute approximate surface area is 142 Å². The number of hydrogen-bond donors (Lipinski definition) is 4. The summed E-state index contributed by atoms with van der Waals surface area (Å²) in [5.74, 6) is 6.18. The number of carbonyl (C=O) groups excluding carboxylic acids is 1. The van der Waals surface area contributed by atoms with Crippen LogP contribution in [0.5, 0.6) is 0 Å². The Bertz CT molecular complexity index is 722. The smallest absolute Gasteiger partial charge is 0.324 e. The van der Waals surface area contributed by atoms with Crippen LogP contribution in [0, 0.1) is 0 Å². The Morgan fingerprint density at radius 1 is 1.26 bits per heavy atom. The second kappa shape index (κ2) is 7.73. The minimum Gasteiger partial charge on any atom is -0.464 e. The Balaban J connectivity index is 2.03. The lowest BCUT2D eigenvalue weighted by atomic mass is 10.2. The number of hydrazine groups is 1. The highest BCUT2D eigenvalue weighted by Crippen LogP contribution is 2.22. The zero-order valence-electron chi connectivity index (χ0n) is 11.9. The molecule has 23 heavy (non-hydrogen) atoms. The molecule has 0 atom stereocenters. The van der Waals surface area contributed by atoms with E-state index in [-0.39, 0.29) is 5.82 Å². The Hall–Kier alpha value is -2.41. The van der Waals surface area contributed by atoms with E-state index in [0.29, 0.717) is 27.1 Å². The minimum absolute atomic E-state index is 0.233. The highest BCUT2D eigenvalue weighted by atomic mass is 35.5. The first-order valence-electron chi connectivity index (χ1n) is 6.43. The van der Waals surface area contributed by atoms with Crippen molar-refractivity contribution in [3.8, 4) is 0 Å². The maximum Gasteiger partial charge on any atom is 0.324 e. The Morgan fingerprint density at radius 2 is 1.96 bits per heavy atom. The van der Waals surface area contributed by atoms with Gasteiger partial charge in [-0.2, -0.15) is 0 Å². The van der Waals surface area contributed by atoms with Crippen molar-refractivity contribution < 1.29 is 9.21 Å². The summed E-state index contributed by atoms with van der Waals surface area (Å²) in [6, 6.07) is 7.63. The highest BCUT2D eigenvalue weighted by Gasteiger charge is 2.07. The second-order valence-corrected chi connectivity index (χ2v) is 5.32. The monoisotopic (exact) mass is 352 g/mol. The van der Waals surface area contributed by atoms with Crippen LogP contribution in [-0.4, -0.2) is 6.03 Å². The number of nitrogens with one attached hydrogen (secondary N) is 3. The van der Waals surface area contributed by atoms with E-state index in [9.17, 15) is 4.79 Å². The lowest BCUT2D eigenvalue weighted by Gasteiger charge is -2.11. The third kappa shape index (κ3) is 5.07. The molecule has 0 unspecified atom stereocenters. The fraction of sp³-hybridized carbons (Fsp3) is 0. The first kappa shape index (κ1) is 17.0. The molecule has 0 saturated heterocycles. The summed E-state index contributed by atoms with van der Waals surface area (Å²) in [5, 5.41) is 5.94. The van der Waals surface area contributed by atoms with Gasteiger partial charge in [0.2, 0.25) is 0 Å².